The molecule has 3 rings (SSSR count). The molecule has 0 fully saturated rings. The van der Waals surface area contributed by atoms with Crippen LogP contribution < -0.4 is 10.5 Å². The van der Waals surface area contributed by atoms with E-state index < -0.39 is 0 Å². The van der Waals surface area contributed by atoms with E-state index in [1.54, 1.807) is 4.68 Å². The Balaban J connectivity index is 1.95. The van der Waals surface area contributed by atoms with Gasteiger partial charge in [-0.15, -0.1) is 5.10 Å². The van der Waals surface area contributed by atoms with Gasteiger partial charge in [0.15, 0.2) is 5.82 Å². The first-order valence-electron chi connectivity index (χ1n) is 6.79. The summed E-state index contributed by atoms with van der Waals surface area (Å²) in [4.78, 5) is 0. The minimum atomic E-state index is 0.519. The van der Waals surface area contributed by atoms with E-state index in [0.717, 1.165) is 17.0 Å². The predicted octanol–water partition coefficient (Wildman–Crippen LogP) is 2.92. The first kappa shape index (κ1) is 13.2. The molecule has 0 aliphatic carbocycles. The monoisotopic (exact) mass is 280 g/mol. The molecule has 0 unspecified atom stereocenters. The van der Waals surface area contributed by atoms with Gasteiger partial charge in [0.25, 0.3) is 0 Å². The van der Waals surface area contributed by atoms with Crippen molar-refractivity contribution in [2.75, 3.05) is 12.3 Å². The summed E-state index contributed by atoms with van der Waals surface area (Å²) in [6, 6.07) is 17.4. The van der Waals surface area contributed by atoms with Crippen molar-refractivity contribution in [1.29, 1.82) is 0 Å². The van der Waals surface area contributed by atoms with Crippen LogP contribution in [0.5, 0.6) is 5.75 Å². The first-order chi connectivity index (χ1) is 10.3. The summed E-state index contributed by atoms with van der Waals surface area (Å²) in [5.41, 5.74) is 8.66. The van der Waals surface area contributed by atoms with Crippen molar-refractivity contribution in [2.45, 2.75) is 6.92 Å². The van der Waals surface area contributed by atoms with Crippen molar-refractivity contribution in [3.63, 3.8) is 0 Å². The Labute approximate surface area is 123 Å². The third-order valence-corrected chi connectivity index (χ3v) is 3.14. The summed E-state index contributed by atoms with van der Waals surface area (Å²) in [5, 5.41) is 8.32. The average molecular weight is 280 g/mol. The molecule has 0 bridgehead atoms. The number of aromatic nitrogens is 3. The van der Waals surface area contributed by atoms with Crippen LogP contribution in [-0.4, -0.2) is 21.6 Å². The summed E-state index contributed by atoms with van der Waals surface area (Å²) in [7, 11) is 0. The zero-order valence-corrected chi connectivity index (χ0v) is 11.7. The summed E-state index contributed by atoms with van der Waals surface area (Å²) in [6.45, 7) is 2.60. The van der Waals surface area contributed by atoms with Gasteiger partial charge in [0.1, 0.15) is 11.4 Å². The Morgan fingerprint density at radius 3 is 2.43 bits per heavy atom. The van der Waals surface area contributed by atoms with Crippen LogP contribution in [0.2, 0.25) is 0 Å². The van der Waals surface area contributed by atoms with Crippen LogP contribution in [0.15, 0.2) is 54.6 Å². The lowest BCUT2D eigenvalue weighted by atomic mass is 10.1. The first-order valence-corrected chi connectivity index (χ1v) is 6.79. The fourth-order valence-electron chi connectivity index (χ4n) is 2.13. The van der Waals surface area contributed by atoms with E-state index in [1.165, 1.54) is 0 Å². The molecule has 106 valence electrons. The van der Waals surface area contributed by atoms with Crippen LogP contribution in [0.25, 0.3) is 16.9 Å². The molecular weight excluding hydrogens is 264 g/mol. The van der Waals surface area contributed by atoms with Crippen molar-refractivity contribution in [2.24, 2.45) is 0 Å². The molecule has 2 N–H and O–H groups in total. The van der Waals surface area contributed by atoms with Gasteiger partial charge in [-0.1, -0.05) is 35.5 Å². The lowest BCUT2D eigenvalue weighted by Gasteiger charge is -2.06. The second kappa shape index (κ2) is 5.66. The molecule has 0 radical (unpaired) electrons. The van der Waals surface area contributed by atoms with Crippen molar-refractivity contribution in [3.05, 3.63) is 54.6 Å². The van der Waals surface area contributed by atoms with Gasteiger partial charge in [-0.25, -0.2) is 0 Å². The largest absolute Gasteiger partial charge is 0.494 e. The lowest BCUT2D eigenvalue weighted by molar-refractivity contribution is 0.340. The van der Waals surface area contributed by atoms with Crippen molar-refractivity contribution in [3.8, 4) is 22.7 Å². The Bertz CT molecular complexity index is 720. The molecule has 21 heavy (non-hydrogen) atoms. The smallest absolute Gasteiger partial charge is 0.155 e. The van der Waals surface area contributed by atoms with Gasteiger partial charge in [-0.3, -0.25) is 0 Å². The molecule has 1 aromatic heterocycles. The van der Waals surface area contributed by atoms with E-state index >= 15 is 0 Å². The van der Waals surface area contributed by atoms with E-state index in [4.69, 9.17) is 10.5 Å². The number of hydrogen-bond acceptors (Lipinski definition) is 4. The topological polar surface area (TPSA) is 66.0 Å². The quantitative estimate of drug-likeness (QED) is 0.798. The number of ether oxygens (including phenoxy) is 1. The maximum atomic E-state index is 6.17. The van der Waals surface area contributed by atoms with Crippen molar-refractivity contribution < 1.29 is 4.74 Å². The molecule has 0 aliphatic rings. The number of nitrogens with zero attached hydrogens (tertiary/aromatic N) is 3. The highest BCUT2D eigenvalue weighted by molar-refractivity contribution is 5.70. The molecule has 0 aliphatic heterocycles. The van der Waals surface area contributed by atoms with Crippen LogP contribution in [0, 0.1) is 0 Å². The number of hydrogen-bond donors (Lipinski definition) is 1. The van der Waals surface area contributed by atoms with Crippen LogP contribution in [0.3, 0.4) is 0 Å². The van der Waals surface area contributed by atoms with E-state index in [2.05, 4.69) is 10.3 Å². The summed E-state index contributed by atoms with van der Waals surface area (Å²) >= 11 is 0. The molecule has 0 atom stereocenters. The lowest BCUT2D eigenvalue weighted by Crippen LogP contribution is -2.02. The van der Waals surface area contributed by atoms with Crippen molar-refractivity contribution in [1.82, 2.24) is 15.0 Å². The maximum Gasteiger partial charge on any atom is 0.155 e. The average Bonchev–Trinajstić information content (AvgIpc) is 2.91. The Morgan fingerprint density at radius 2 is 1.76 bits per heavy atom. The van der Waals surface area contributed by atoms with Gasteiger partial charge < -0.3 is 10.5 Å². The van der Waals surface area contributed by atoms with E-state index in [0.29, 0.717) is 18.1 Å². The van der Waals surface area contributed by atoms with Gasteiger partial charge in [0, 0.05) is 5.56 Å². The number of nitrogen functional groups attached to an aromatic ring is 1. The van der Waals surface area contributed by atoms with Gasteiger partial charge in [-0.2, -0.15) is 4.68 Å². The zero-order valence-electron chi connectivity index (χ0n) is 11.7. The van der Waals surface area contributed by atoms with E-state index in [-0.39, 0.29) is 0 Å². The standard InChI is InChI=1S/C16H16N4O/c1-2-21-14-10-8-13(9-11-14)20-16(17)15(18-19-20)12-6-4-3-5-7-12/h3-11H,2,17H2,1H3. The highest BCUT2D eigenvalue weighted by Gasteiger charge is 2.12. The van der Waals surface area contributed by atoms with Crippen LogP contribution in [0.1, 0.15) is 6.92 Å². The summed E-state index contributed by atoms with van der Waals surface area (Å²) in [5.74, 6) is 1.34. The second-order valence-corrected chi connectivity index (χ2v) is 4.53. The van der Waals surface area contributed by atoms with Gasteiger partial charge in [0.05, 0.1) is 12.3 Å². The molecule has 5 nitrogen and oxygen atoms in total. The molecule has 0 saturated carbocycles. The molecule has 0 saturated heterocycles. The fraction of sp³-hybridized carbons (Fsp3) is 0.125. The fourth-order valence-corrected chi connectivity index (χ4v) is 2.13. The Morgan fingerprint density at radius 1 is 1.05 bits per heavy atom. The van der Waals surface area contributed by atoms with Gasteiger partial charge in [-0.05, 0) is 31.2 Å². The third kappa shape index (κ3) is 2.58. The van der Waals surface area contributed by atoms with Crippen molar-refractivity contribution >= 4 is 5.82 Å². The molecule has 0 spiro atoms. The molecular formula is C16H16N4O. The number of rotatable bonds is 4. The molecule has 0 amide bonds. The molecule has 3 aromatic rings. The zero-order chi connectivity index (χ0) is 14.7. The molecule has 1 heterocycles. The SMILES string of the molecule is CCOc1ccc(-n2nnc(-c3ccccc3)c2N)cc1. The van der Waals surface area contributed by atoms with Gasteiger partial charge >= 0.3 is 0 Å². The van der Waals surface area contributed by atoms with E-state index in [9.17, 15) is 0 Å². The number of anilines is 1. The Kier molecular flexibility index (Phi) is 3.55. The highest BCUT2D eigenvalue weighted by atomic mass is 16.5. The minimum Gasteiger partial charge on any atom is -0.494 e. The number of nitrogens with two attached hydrogens (primary N) is 1. The van der Waals surface area contributed by atoms with Crippen LogP contribution in [-0.2, 0) is 0 Å². The predicted molar refractivity (Wildman–Crippen MR) is 82.4 cm³/mol. The van der Waals surface area contributed by atoms with E-state index in [1.807, 2.05) is 61.5 Å². The summed E-state index contributed by atoms with van der Waals surface area (Å²) < 4.78 is 7.05. The summed E-state index contributed by atoms with van der Waals surface area (Å²) in [6.07, 6.45) is 0. The van der Waals surface area contributed by atoms with Crippen LogP contribution >= 0.6 is 0 Å². The second-order valence-electron chi connectivity index (χ2n) is 4.53. The molecule has 2 aromatic carbocycles. The van der Waals surface area contributed by atoms with Gasteiger partial charge in [0.2, 0.25) is 0 Å². The minimum absolute atomic E-state index is 0.519. The highest BCUT2D eigenvalue weighted by Crippen LogP contribution is 2.25. The number of benzene rings is 2. The molecule has 5 heteroatoms. The van der Waals surface area contributed by atoms with Crippen LogP contribution in [0.4, 0.5) is 5.82 Å². The normalized spacial score (nSPS) is 10.5. The maximum absolute atomic E-state index is 6.17. The Hall–Kier alpha value is -2.82. The third-order valence-electron chi connectivity index (χ3n) is 3.14.